The van der Waals surface area contributed by atoms with Gasteiger partial charge in [-0.05, 0) is 25.1 Å². The van der Waals surface area contributed by atoms with Gasteiger partial charge in [0.05, 0.1) is 14.2 Å². The zero-order valence-electron chi connectivity index (χ0n) is 21.3. The van der Waals surface area contributed by atoms with Gasteiger partial charge in [-0.2, -0.15) is 4.98 Å². The van der Waals surface area contributed by atoms with Crippen LogP contribution in [-0.4, -0.2) is 76.8 Å². The van der Waals surface area contributed by atoms with Gasteiger partial charge in [-0.25, -0.2) is 9.97 Å². The molecule has 0 bridgehead atoms. The van der Waals surface area contributed by atoms with Crippen LogP contribution in [0.15, 0.2) is 49.2 Å². The summed E-state index contributed by atoms with van der Waals surface area (Å²) in [5.74, 6) is 2.74. The SMILES string of the molecule is CCCCN1CCN(c2ccnc(-n3ccnc3)n2)CC1CC(=O)NCc1cccc(OC)c1OC. The van der Waals surface area contributed by atoms with E-state index in [1.54, 1.807) is 37.5 Å². The summed E-state index contributed by atoms with van der Waals surface area (Å²) in [4.78, 5) is 30.9. The van der Waals surface area contributed by atoms with Gasteiger partial charge in [0.2, 0.25) is 11.9 Å². The Morgan fingerprint density at radius 3 is 2.81 bits per heavy atom. The van der Waals surface area contributed by atoms with Crippen molar-refractivity contribution >= 4 is 11.7 Å². The van der Waals surface area contributed by atoms with Crippen LogP contribution in [-0.2, 0) is 11.3 Å². The van der Waals surface area contributed by atoms with E-state index in [0.717, 1.165) is 50.4 Å². The molecule has 0 aliphatic carbocycles. The molecule has 3 aromatic rings. The Kier molecular flexibility index (Phi) is 8.72. The topological polar surface area (TPSA) is 97.6 Å². The highest BCUT2D eigenvalue weighted by molar-refractivity contribution is 5.77. The lowest BCUT2D eigenvalue weighted by molar-refractivity contribution is -0.122. The Hall–Kier alpha value is -3.66. The first-order valence-corrected chi connectivity index (χ1v) is 12.4. The van der Waals surface area contributed by atoms with Crippen LogP contribution in [0.2, 0.25) is 0 Å². The average molecular weight is 494 g/mol. The zero-order chi connectivity index (χ0) is 25.3. The Morgan fingerprint density at radius 1 is 1.17 bits per heavy atom. The molecule has 1 fully saturated rings. The van der Waals surface area contributed by atoms with E-state index >= 15 is 0 Å². The van der Waals surface area contributed by atoms with Gasteiger partial charge in [0.15, 0.2) is 11.5 Å². The van der Waals surface area contributed by atoms with Crippen LogP contribution in [0.25, 0.3) is 5.95 Å². The maximum absolute atomic E-state index is 13.0. The molecule has 1 saturated heterocycles. The first-order valence-electron chi connectivity index (χ1n) is 12.4. The molecule has 192 valence electrons. The quantitative estimate of drug-likeness (QED) is 0.436. The number of benzene rings is 1. The number of anilines is 1. The third-order valence-electron chi connectivity index (χ3n) is 6.47. The van der Waals surface area contributed by atoms with Crippen LogP contribution >= 0.6 is 0 Å². The van der Waals surface area contributed by atoms with Gasteiger partial charge in [-0.3, -0.25) is 14.3 Å². The van der Waals surface area contributed by atoms with Crippen molar-refractivity contribution in [2.45, 2.75) is 38.8 Å². The summed E-state index contributed by atoms with van der Waals surface area (Å²) < 4.78 is 12.7. The van der Waals surface area contributed by atoms with E-state index in [2.05, 4.69) is 32.0 Å². The number of carbonyl (C=O) groups is 1. The number of imidazole rings is 1. The third-order valence-corrected chi connectivity index (χ3v) is 6.47. The van der Waals surface area contributed by atoms with Crippen LogP contribution in [0.1, 0.15) is 31.7 Å². The summed E-state index contributed by atoms with van der Waals surface area (Å²) in [6.45, 7) is 6.01. The number of amides is 1. The summed E-state index contributed by atoms with van der Waals surface area (Å²) in [5.41, 5.74) is 0.881. The molecule has 0 radical (unpaired) electrons. The number of nitrogens with one attached hydrogen (secondary N) is 1. The lowest BCUT2D eigenvalue weighted by atomic mass is 10.1. The van der Waals surface area contributed by atoms with E-state index in [9.17, 15) is 4.79 Å². The van der Waals surface area contributed by atoms with Gasteiger partial charge in [-0.15, -0.1) is 0 Å². The third kappa shape index (κ3) is 6.12. The Labute approximate surface area is 212 Å². The molecule has 0 saturated carbocycles. The molecule has 10 heteroatoms. The number of aromatic nitrogens is 4. The fourth-order valence-electron chi connectivity index (χ4n) is 4.54. The molecule has 1 aliphatic heterocycles. The molecular weight excluding hydrogens is 458 g/mol. The van der Waals surface area contributed by atoms with Crippen molar-refractivity contribution in [3.05, 3.63) is 54.7 Å². The van der Waals surface area contributed by atoms with Crippen molar-refractivity contribution in [3.63, 3.8) is 0 Å². The van der Waals surface area contributed by atoms with E-state index < -0.39 is 0 Å². The fraction of sp³-hybridized carbons (Fsp3) is 0.462. The standard InChI is InChI=1S/C26H35N7O3/c1-4-5-12-31-14-15-32(23-9-10-28-26(30-23)33-13-11-27-19-33)18-21(31)16-24(34)29-17-20-7-6-8-22(35-2)25(20)36-3/h6-11,13,19,21H,4-5,12,14-18H2,1-3H3,(H,29,34). The molecule has 1 aliphatic rings. The molecule has 0 spiro atoms. The number of hydrogen-bond donors (Lipinski definition) is 1. The molecular formula is C26H35N7O3. The van der Waals surface area contributed by atoms with Crippen molar-refractivity contribution < 1.29 is 14.3 Å². The Morgan fingerprint density at radius 2 is 2.06 bits per heavy atom. The minimum absolute atomic E-state index is 0.00927. The average Bonchev–Trinajstić information content (AvgIpc) is 3.46. The predicted octanol–water partition coefficient (Wildman–Crippen LogP) is 2.68. The molecule has 1 unspecified atom stereocenters. The smallest absolute Gasteiger partial charge is 0.236 e. The summed E-state index contributed by atoms with van der Waals surface area (Å²) in [5, 5.41) is 3.08. The van der Waals surface area contributed by atoms with E-state index in [0.29, 0.717) is 30.4 Å². The first kappa shape index (κ1) is 25.4. The van der Waals surface area contributed by atoms with Gasteiger partial charge >= 0.3 is 0 Å². The number of methoxy groups -OCH3 is 2. The Balaban J connectivity index is 1.43. The number of unbranched alkanes of at least 4 members (excludes halogenated alkanes) is 1. The van der Waals surface area contributed by atoms with Crippen molar-refractivity contribution in [3.8, 4) is 17.4 Å². The number of nitrogens with zero attached hydrogens (tertiary/aromatic N) is 6. The number of ether oxygens (including phenoxy) is 2. The van der Waals surface area contributed by atoms with Crippen LogP contribution in [0.4, 0.5) is 5.82 Å². The summed E-state index contributed by atoms with van der Waals surface area (Å²) >= 11 is 0. The lowest BCUT2D eigenvalue weighted by Gasteiger charge is -2.41. The van der Waals surface area contributed by atoms with Gasteiger partial charge in [0.25, 0.3) is 0 Å². The minimum atomic E-state index is 0.00927. The summed E-state index contributed by atoms with van der Waals surface area (Å²) in [6.07, 6.45) is 9.62. The van der Waals surface area contributed by atoms with Crippen LogP contribution < -0.4 is 19.7 Å². The number of rotatable bonds is 11. The predicted molar refractivity (Wildman–Crippen MR) is 138 cm³/mol. The fourth-order valence-corrected chi connectivity index (χ4v) is 4.54. The van der Waals surface area contributed by atoms with Crippen molar-refractivity contribution in [2.24, 2.45) is 0 Å². The highest BCUT2D eigenvalue weighted by atomic mass is 16.5. The van der Waals surface area contributed by atoms with Gasteiger partial charge in [0, 0.05) is 62.8 Å². The van der Waals surface area contributed by atoms with Crippen molar-refractivity contribution in [1.29, 1.82) is 0 Å². The molecule has 1 N–H and O–H groups in total. The lowest BCUT2D eigenvalue weighted by Crippen LogP contribution is -2.55. The van der Waals surface area contributed by atoms with Gasteiger partial charge in [0.1, 0.15) is 12.1 Å². The number of piperazine rings is 1. The van der Waals surface area contributed by atoms with Crippen molar-refractivity contribution in [1.82, 2.24) is 29.7 Å². The monoisotopic (exact) mass is 493 g/mol. The molecule has 36 heavy (non-hydrogen) atoms. The van der Waals surface area contributed by atoms with E-state index in [1.165, 1.54) is 0 Å². The first-order chi connectivity index (χ1) is 17.6. The van der Waals surface area contributed by atoms with Gasteiger partial charge in [-0.1, -0.05) is 25.5 Å². The second-order valence-corrected chi connectivity index (χ2v) is 8.81. The van der Waals surface area contributed by atoms with E-state index in [4.69, 9.17) is 14.5 Å². The Bertz CT molecular complexity index is 1120. The highest BCUT2D eigenvalue weighted by Crippen LogP contribution is 2.30. The zero-order valence-corrected chi connectivity index (χ0v) is 21.3. The molecule has 1 aromatic carbocycles. The molecule has 1 atom stereocenters. The van der Waals surface area contributed by atoms with Crippen LogP contribution in [0.3, 0.4) is 0 Å². The number of para-hydroxylation sites is 1. The number of carbonyl (C=O) groups excluding carboxylic acids is 1. The molecule has 10 nitrogen and oxygen atoms in total. The van der Waals surface area contributed by atoms with Crippen LogP contribution in [0.5, 0.6) is 11.5 Å². The minimum Gasteiger partial charge on any atom is -0.493 e. The van der Waals surface area contributed by atoms with Crippen molar-refractivity contribution in [2.75, 3.05) is 45.3 Å². The highest BCUT2D eigenvalue weighted by Gasteiger charge is 2.29. The maximum atomic E-state index is 13.0. The normalized spacial score (nSPS) is 16.1. The number of hydrogen-bond acceptors (Lipinski definition) is 8. The van der Waals surface area contributed by atoms with E-state index in [-0.39, 0.29) is 11.9 Å². The van der Waals surface area contributed by atoms with Crippen LogP contribution in [0, 0.1) is 0 Å². The summed E-state index contributed by atoms with van der Waals surface area (Å²) in [6, 6.07) is 7.69. The molecule has 2 aromatic heterocycles. The second-order valence-electron chi connectivity index (χ2n) is 8.81. The molecule has 4 rings (SSSR count). The molecule has 3 heterocycles. The summed E-state index contributed by atoms with van der Waals surface area (Å²) in [7, 11) is 3.22. The van der Waals surface area contributed by atoms with E-state index in [1.807, 2.05) is 30.5 Å². The second kappa shape index (κ2) is 12.3. The molecule has 1 amide bonds. The van der Waals surface area contributed by atoms with Gasteiger partial charge < -0.3 is 19.7 Å². The largest absolute Gasteiger partial charge is 0.493 e. The maximum Gasteiger partial charge on any atom is 0.236 e.